The summed E-state index contributed by atoms with van der Waals surface area (Å²) in [5.74, 6) is -21.9. The van der Waals surface area contributed by atoms with E-state index in [-0.39, 0.29) is 38.9 Å². The number of nitrogens with zero attached hydrogens (tertiary/aromatic N) is 2. The largest absolute Gasteiger partial charge is 0.508 e. The first kappa shape index (κ1) is 33.0. The van der Waals surface area contributed by atoms with Crippen molar-refractivity contribution >= 4 is 85.7 Å². The number of allylic oxidation sites excluding steroid dienone is 2. The van der Waals surface area contributed by atoms with Crippen LogP contribution in [0.3, 0.4) is 0 Å². The minimum Gasteiger partial charge on any atom is -0.508 e. The molecule has 4 amide bonds. The number of anilines is 2. The molecule has 1 saturated carbocycles. The maximum Gasteiger partial charge on any atom is 0.258 e. The van der Waals surface area contributed by atoms with Gasteiger partial charge in [-0.2, -0.15) is 0 Å². The van der Waals surface area contributed by atoms with E-state index in [2.05, 4.69) is 15.9 Å². The number of amides is 4. The van der Waals surface area contributed by atoms with Gasteiger partial charge in [0.25, 0.3) is 11.8 Å². The summed E-state index contributed by atoms with van der Waals surface area (Å²) in [6.07, 6.45) is 0.863. The second-order valence-electron chi connectivity index (χ2n) is 11.9. The molecule has 2 heterocycles. The fraction of sp³-hybridized carbons (Fsp3) is 0.250. The Hall–Kier alpha value is -3.52. The van der Waals surface area contributed by atoms with Gasteiger partial charge in [0, 0.05) is 15.4 Å². The SMILES string of the molecule is O=C1[C@H]2[C@H](CC=C3[C@H]2C[C@@]2(Cl)C(=O)N(c4c(F)c(F)c(F)c(F)c4F)C(=O)[C@@]2(Cl)[C@H]3c2ccc(O)cc2Cl)C(=O)N1c1ccc(Br)cc1. The first-order chi connectivity index (χ1) is 22.6. The van der Waals surface area contributed by atoms with Crippen molar-refractivity contribution in [2.24, 2.45) is 17.8 Å². The molecule has 48 heavy (non-hydrogen) atoms. The lowest BCUT2D eigenvalue weighted by Gasteiger charge is -2.50. The van der Waals surface area contributed by atoms with Crippen LogP contribution in [0.25, 0.3) is 0 Å². The van der Waals surface area contributed by atoms with Gasteiger partial charge in [0.15, 0.2) is 33.0 Å². The summed E-state index contributed by atoms with van der Waals surface area (Å²) >= 11 is 24.0. The van der Waals surface area contributed by atoms with Gasteiger partial charge >= 0.3 is 0 Å². The van der Waals surface area contributed by atoms with Crippen LogP contribution in [-0.2, 0) is 19.2 Å². The molecule has 248 valence electrons. The summed E-state index contributed by atoms with van der Waals surface area (Å²) in [6.45, 7) is 0. The van der Waals surface area contributed by atoms with E-state index in [0.29, 0.717) is 4.47 Å². The zero-order valence-electron chi connectivity index (χ0n) is 23.7. The van der Waals surface area contributed by atoms with Crippen LogP contribution in [0.4, 0.5) is 33.3 Å². The molecule has 3 aromatic carbocycles. The van der Waals surface area contributed by atoms with Gasteiger partial charge in [0.05, 0.1) is 17.5 Å². The standard InChI is InChI=1S/C32H17BrCl3F5N2O5/c33-11-1-3-12(4-2-11)42-27(45)16-8-7-14-17(19(16)28(42)46)10-31(35)29(47)43(26-24(40)22(38)21(37)23(39)25(26)41)30(48)32(31,36)20(14)15-6-5-13(44)9-18(15)34/h1-7,9,16-17,19-20,44H,8,10H2/t16-,17+,19-,20+,31+,32-/m0/s1. The quantitative estimate of drug-likeness (QED) is 0.0753. The number of phenols is 1. The average molecular weight is 791 g/mol. The lowest BCUT2D eigenvalue weighted by atomic mass is 9.56. The summed E-state index contributed by atoms with van der Waals surface area (Å²) in [6, 6.07) is 9.85. The van der Waals surface area contributed by atoms with E-state index in [0.717, 1.165) is 11.0 Å². The number of alkyl halides is 2. The molecule has 1 N–H and O–H groups in total. The topological polar surface area (TPSA) is 95.0 Å². The van der Waals surface area contributed by atoms with Crippen LogP contribution in [0, 0.1) is 46.8 Å². The number of aromatic hydroxyl groups is 1. The lowest BCUT2D eigenvalue weighted by Crippen LogP contribution is -2.60. The van der Waals surface area contributed by atoms with Crippen LogP contribution in [0.15, 0.2) is 58.6 Å². The molecular formula is C32H17BrCl3F5N2O5. The van der Waals surface area contributed by atoms with Gasteiger partial charge in [0.1, 0.15) is 11.4 Å². The second-order valence-corrected chi connectivity index (χ2v) is 14.5. The van der Waals surface area contributed by atoms with Gasteiger partial charge in [-0.1, -0.05) is 45.2 Å². The van der Waals surface area contributed by atoms with E-state index >= 15 is 8.78 Å². The van der Waals surface area contributed by atoms with E-state index in [1.807, 2.05) is 0 Å². The highest BCUT2D eigenvalue weighted by atomic mass is 79.9. The molecule has 0 bridgehead atoms. The Balaban J connectivity index is 1.44. The van der Waals surface area contributed by atoms with Crippen LogP contribution in [0.2, 0.25) is 5.02 Å². The Labute approximate surface area is 291 Å². The minimum atomic E-state index is -2.72. The Bertz CT molecular complexity index is 2020. The smallest absolute Gasteiger partial charge is 0.258 e. The van der Waals surface area contributed by atoms with Crippen molar-refractivity contribution in [3.8, 4) is 5.75 Å². The summed E-state index contributed by atoms with van der Waals surface area (Å²) in [4.78, 5) is 51.6. The number of carbonyl (C=O) groups is 4. The van der Waals surface area contributed by atoms with Gasteiger partial charge in [-0.25, -0.2) is 26.9 Å². The summed E-state index contributed by atoms with van der Waals surface area (Å²) in [5.41, 5.74) is -1.40. The monoisotopic (exact) mass is 788 g/mol. The van der Waals surface area contributed by atoms with Crippen molar-refractivity contribution < 1.29 is 46.2 Å². The molecule has 16 heteroatoms. The predicted molar refractivity (Wildman–Crippen MR) is 166 cm³/mol. The summed E-state index contributed by atoms with van der Waals surface area (Å²) < 4.78 is 73.7. The van der Waals surface area contributed by atoms with Crippen molar-refractivity contribution in [3.05, 3.63) is 98.3 Å². The minimum absolute atomic E-state index is 0.00848. The molecule has 3 aromatic rings. The first-order valence-corrected chi connectivity index (χ1v) is 16.1. The molecule has 3 fully saturated rings. The number of phenolic OH excluding ortho intramolecular Hbond substituents is 1. The number of carbonyl (C=O) groups excluding carboxylic acids is 4. The molecule has 0 unspecified atom stereocenters. The van der Waals surface area contributed by atoms with Crippen LogP contribution in [0.5, 0.6) is 5.75 Å². The normalized spacial score (nSPS) is 29.6. The van der Waals surface area contributed by atoms with Gasteiger partial charge < -0.3 is 5.11 Å². The molecule has 2 saturated heterocycles. The molecule has 0 spiro atoms. The zero-order valence-corrected chi connectivity index (χ0v) is 27.6. The third kappa shape index (κ3) is 4.16. The molecule has 2 aliphatic heterocycles. The number of hydrogen-bond donors (Lipinski definition) is 1. The molecule has 7 rings (SSSR count). The fourth-order valence-corrected chi connectivity index (χ4v) is 8.98. The molecule has 2 aliphatic carbocycles. The highest BCUT2D eigenvalue weighted by Gasteiger charge is 2.77. The maximum absolute atomic E-state index is 15.1. The van der Waals surface area contributed by atoms with Gasteiger partial charge in [0.2, 0.25) is 17.6 Å². The second kappa shape index (κ2) is 11.0. The van der Waals surface area contributed by atoms with Crippen molar-refractivity contribution in [1.29, 1.82) is 0 Å². The molecule has 6 atom stereocenters. The van der Waals surface area contributed by atoms with Crippen LogP contribution in [0.1, 0.15) is 24.3 Å². The van der Waals surface area contributed by atoms with Crippen LogP contribution >= 0.6 is 50.7 Å². The van der Waals surface area contributed by atoms with Gasteiger partial charge in [-0.3, -0.25) is 24.1 Å². The number of benzene rings is 3. The Morgan fingerprint density at radius 3 is 2.00 bits per heavy atom. The van der Waals surface area contributed by atoms with Gasteiger partial charge in [-0.15, -0.1) is 23.2 Å². The third-order valence-electron chi connectivity index (χ3n) is 9.60. The number of halogens is 9. The highest BCUT2D eigenvalue weighted by molar-refractivity contribution is 9.10. The Kier molecular flexibility index (Phi) is 7.56. The number of imide groups is 2. The van der Waals surface area contributed by atoms with Crippen LogP contribution in [-0.4, -0.2) is 38.5 Å². The van der Waals surface area contributed by atoms with Gasteiger partial charge in [-0.05, 0) is 60.7 Å². The Morgan fingerprint density at radius 1 is 0.792 bits per heavy atom. The third-order valence-corrected chi connectivity index (χ3v) is 11.9. The lowest BCUT2D eigenvalue weighted by molar-refractivity contribution is -0.125. The number of hydrogen-bond acceptors (Lipinski definition) is 5. The average Bonchev–Trinajstić information content (AvgIpc) is 3.38. The molecule has 0 aromatic heterocycles. The molecule has 7 nitrogen and oxygen atoms in total. The van der Waals surface area contributed by atoms with E-state index < -0.39 is 98.2 Å². The van der Waals surface area contributed by atoms with E-state index in [4.69, 9.17) is 34.8 Å². The number of rotatable bonds is 3. The van der Waals surface area contributed by atoms with Crippen molar-refractivity contribution in [2.45, 2.75) is 28.5 Å². The predicted octanol–water partition coefficient (Wildman–Crippen LogP) is 7.27. The first-order valence-electron chi connectivity index (χ1n) is 14.2. The van der Waals surface area contributed by atoms with Crippen LogP contribution < -0.4 is 9.80 Å². The van der Waals surface area contributed by atoms with Crippen molar-refractivity contribution in [2.75, 3.05) is 9.80 Å². The van der Waals surface area contributed by atoms with Crippen molar-refractivity contribution in [3.63, 3.8) is 0 Å². The van der Waals surface area contributed by atoms with E-state index in [1.54, 1.807) is 30.3 Å². The number of fused-ring (bicyclic) bond motifs is 4. The molecular weight excluding hydrogens is 774 g/mol. The highest BCUT2D eigenvalue weighted by Crippen LogP contribution is 2.66. The van der Waals surface area contributed by atoms with Crippen molar-refractivity contribution in [1.82, 2.24) is 0 Å². The fourth-order valence-electron chi connectivity index (χ4n) is 7.51. The zero-order chi connectivity index (χ0) is 34.8. The summed E-state index contributed by atoms with van der Waals surface area (Å²) in [7, 11) is 0. The molecule has 4 aliphatic rings. The maximum atomic E-state index is 15.1. The van der Waals surface area contributed by atoms with E-state index in [1.165, 1.54) is 12.1 Å². The summed E-state index contributed by atoms with van der Waals surface area (Å²) in [5, 5.41) is 9.88. The van der Waals surface area contributed by atoms with E-state index in [9.17, 15) is 37.5 Å². The Morgan fingerprint density at radius 2 is 1.40 bits per heavy atom. The molecule has 0 radical (unpaired) electrons.